The minimum absolute atomic E-state index is 0.180. The zero-order chi connectivity index (χ0) is 22.8. The van der Waals surface area contributed by atoms with Crippen LogP contribution in [-0.2, 0) is 19.9 Å². The maximum Gasteiger partial charge on any atom is 0.310 e. The number of methoxy groups -OCH3 is 1. The van der Waals surface area contributed by atoms with Crippen molar-refractivity contribution in [1.82, 2.24) is 25.1 Å². The molecule has 1 saturated carbocycles. The molecule has 172 valence electrons. The van der Waals surface area contributed by atoms with Gasteiger partial charge in [-0.3, -0.25) is 9.59 Å². The summed E-state index contributed by atoms with van der Waals surface area (Å²) in [5.74, 6) is -1.45. The lowest BCUT2D eigenvalue weighted by Crippen LogP contribution is -2.52. The van der Waals surface area contributed by atoms with E-state index in [1.54, 1.807) is 17.9 Å². The van der Waals surface area contributed by atoms with Gasteiger partial charge in [0.25, 0.3) is 0 Å². The van der Waals surface area contributed by atoms with Crippen LogP contribution < -0.4 is 4.74 Å². The number of fused-ring (bicyclic) bond motifs is 1. The number of aromatic nitrogens is 4. The second kappa shape index (κ2) is 7.11. The molecule has 2 aromatic rings. The third kappa shape index (κ3) is 2.73. The van der Waals surface area contributed by atoms with Gasteiger partial charge in [-0.05, 0) is 47.5 Å². The van der Waals surface area contributed by atoms with Crippen LogP contribution >= 0.6 is 0 Å². The topological polar surface area (TPSA) is 120 Å². The Balaban J connectivity index is 1.44. The summed E-state index contributed by atoms with van der Waals surface area (Å²) >= 11 is 0. The van der Waals surface area contributed by atoms with Gasteiger partial charge in [0.1, 0.15) is 22.8 Å². The molecule has 1 spiro atoms. The van der Waals surface area contributed by atoms with Crippen LogP contribution in [0.5, 0.6) is 5.75 Å². The number of rotatable bonds is 5. The molecule has 4 atom stereocenters. The number of nitrogens with zero attached hydrogens (tertiary/aromatic N) is 5. The number of likely N-dealkylation sites (tertiary alicyclic amines) is 1. The summed E-state index contributed by atoms with van der Waals surface area (Å²) in [6.07, 6.45) is 7.48. The van der Waals surface area contributed by atoms with Gasteiger partial charge in [0.05, 0.1) is 31.4 Å². The van der Waals surface area contributed by atoms with Gasteiger partial charge in [-0.1, -0.05) is 31.4 Å². The van der Waals surface area contributed by atoms with Gasteiger partial charge < -0.3 is 19.5 Å². The number of hydrogen-bond donors (Lipinski definition) is 1. The molecule has 10 nitrogen and oxygen atoms in total. The Labute approximate surface area is 190 Å². The molecule has 1 aliphatic carbocycles. The Bertz CT molecular complexity index is 1140. The molecule has 1 N–H and O–H groups in total. The monoisotopic (exact) mass is 451 g/mol. The Hall–Kier alpha value is -3.27. The first-order chi connectivity index (χ1) is 16.0. The molecule has 2 bridgehead atoms. The van der Waals surface area contributed by atoms with E-state index in [1.165, 1.54) is 0 Å². The van der Waals surface area contributed by atoms with Gasteiger partial charge in [-0.2, -0.15) is 4.68 Å². The van der Waals surface area contributed by atoms with Gasteiger partial charge in [0, 0.05) is 0 Å². The number of aliphatic carboxylic acids is 1. The van der Waals surface area contributed by atoms with E-state index in [0.717, 1.165) is 30.7 Å². The van der Waals surface area contributed by atoms with E-state index in [-0.39, 0.29) is 5.91 Å². The third-order valence-electron chi connectivity index (χ3n) is 7.79. The van der Waals surface area contributed by atoms with E-state index in [9.17, 15) is 14.7 Å². The number of hydrogen-bond acceptors (Lipinski definition) is 7. The molecular formula is C23H25N5O5. The molecular weight excluding hydrogens is 426 g/mol. The van der Waals surface area contributed by atoms with Crippen molar-refractivity contribution < 1.29 is 24.2 Å². The van der Waals surface area contributed by atoms with Crippen molar-refractivity contribution in [2.75, 3.05) is 13.7 Å². The number of carboxylic acids is 1. The van der Waals surface area contributed by atoms with Crippen LogP contribution in [0.1, 0.15) is 37.9 Å². The molecule has 0 radical (unpaired) electrons. The summed E-state index contributed by atoms with van der Waals surface area (Å²) in [6.45, 7) is 0.308. The molecule has 0 unspecified atom stereocenters. The van der Waals surface area contributed by atoms with Gasteiger partial charge >= 0.3 is 5.97 Å². The van der Waals surface area contributed by atoms with Crippen LogP contribution in [0, 0.1) is 11.8 Å². The molecule has 33 heavy (non-hydrogen) atoms. The zero-order valence-electron chi connectivity index (χ0n) is 18.3. The molecule has 10 heteroatoms. The summed E-state index contributed by atoms with van der Waals surface area (Å²) in [5.41, 5.74) is -0.852. The van der Waals surface area contributed by atoms with Crippen LogP contribution in [0.3, 0.4) is 0 Å². The number of carboxylic acid groups (broad SMARTS) is 1. The normalized spacial score (nSPS) is 31.7. The van der Waals surface area contributed by atoms with Crippen molar-refractivity contribution in [3.63, 3.8) is 0 Å². The van der Waals surface area contributed by atoms with Crippen LogP contribution in [0.4, 0.5) is 0 Å². The van der Waals surface area contributed by atoms with Gasteiger partial charge in [0.15, 0.2) is 5.82 Å². The number of carbonyl (C=O) groups excluding carboxylic acids is 1. The van der Waals surface area contributed by atoms with Gasteiger partial charge in [-0.25, -0.2) is 0 Å². The highest BCUT2D eigenvalue weighted by atomic mass is 16.5. The molecule has 1 amide bonds. The van der Waals surface area contributed by atoms with Crippen LogP contribution in [0.2, 0.25) is 0 Å². The quantitative estimate of drug-likeness (QED) is 0.682. The van der Waals surface area contributed by atoms with E-state index in [0.29, 0.717) is 25.2 Å². The summed E-state index contributed by atoms with van der Waals surface area (Å²) in [6, 6.07) is 7.44. The van der Waals surface area contributed by atoms with E-state index in [1.807, 2.05) is 35.2 Å². The molecule has 2 saturated heterocycles. The van der Waals surface area contributed by atoms with Crippen LogP contribution in [0.25, 0.3) is 5.69 Å². The average Bonchev–Trinajstić information content (AvgIpc) is 3.60. The largest absolute Gasteiger partial charge is 0.497 e. The maximum atomic E-state index is 13.9. The standard InChI is InChI=1S/C23H25N5O5/c1-32-15-7-5-14(6-8-15)28-21(24-25-26-28)22(10-3-2-4-11-22)27-13-23-12-9-16(33-23)17(20(30)31)18(23)19(27)29/h5-9,12,16-18H,2-4,10-11,13H2,1H3,(H,30,31)/t16-,17-,18+,23-/m0/s1. The highest BCUT2D eigenvalue weighted by Gasteiger charge is 2.69. The first-order valence-corrected chi connectivity index (χ1v) is 11.3. The predicted octanol–water partition coefficient (Wildman–Crippen LogP) is 1.70. The number of amides is 1. The summed E-state index contributed by atoms with van der Waals surface area (Å²) < 4.78 is 13.1. The van der Waals surface area contributed by atoms with Crippen molar-refractivity contribution in [3.05, 3.63) is 42.2 Å². The van der Waals surface area contributed by atoms with Crippen LogP contribution in [0.15, 0.2) is 36.4 Å². The molecule has 3 aliphatic heterocycles. The molecule has 4 heterocycles. The number of ether oxygens (including phenoxy) is 2. The summed E-state index contributed by atoms with van der Waals surface area (Å²) in [4.78, 5) is 27.7. The molecule has 6 rings (SSSR count). The Kier molecular flexibility index (Phi) is 4.39. The fourth-order valence-corrected chi connectivity index (χ4v) is 6.27. The fraction of sp³-hybridized carbons (Fsp3) is 0.522. The molecule has 4 aliphatic rings. The van der Waals surface area contributed by atoms with Crippen LogP contribution in [-0.4, -0.2) is 67.4 Å². The molecule has 3 fully saturated rings. The zero-order valence-corrected chi connectivity index (χ0v) is 18.3. The lowest BCUT2D eigenvalue weighted by Gasteiger charge is -2.44. The summed E-state index contributed by atoms with van der Waals surface area (Å²) in [7, 11) is 1.61. The third-order valence-corrected chi connectivity index (χ3v) is 7.79. The van der Waals surface area contributed by atoms with Gasteiger partial charge in [-0.15, -0.1) is 5.10 Å². The van der Waals surface area contributed by atoms with Gasteiger partial charge in [0.2, 0.25) is 5.91 Å². The molecule has 1 aromatic carbocycles. The number of carbonyl (C=O) groups is 2. The minimum atomic E-state index is -0.993. The van der Waals surface area contributed by atoms with Crippen molar-refractivity contribution in [1.29, 1.82) is 0 Å². The van der Waals surface area contributed by atoms with E-state index in [4.69, 9.17) is 9.47 Å². The van der Waals surface area contributed by atoms with E-state index >= 15 is 0 Å². The predicted molar refractivity (Wildman–Crippen MR) is 114 cm³/mol. The highest BCUT2D eigenvalue weighted by molar-refractivity contribution is 5.91. The smallest absolute Gasteiger partial charge is 0.310 e. The Morgan fingerprint density at radius 2 is 1.97 bits per heavy atom. The average molecular weight is 451 g/mol. The van der Waals surface area contributed by atoms with Crippen molar-refractivity contribution in [2.45, 2.75) is 49.3 Å². The van der Waals surface area contributed by atoms with Crippen molar-refractivity contribution >= 4 is 11.9 Å². The first-order valence-electron chi connectivity index (χ1n) is 11.3. The van der Waals surface area contributed by atoms with Crippen molar-refractivity contribution in [2.24, 2.45) is 11.8 Å². The van der Waals surface area contributed by atoms with E-state index < -0.39 is 35.0 Å². The highest BCUT2D eigenvalue weighted by Crippen LogP contribution is 2.56. The SMILES string of the molecule is COc1ccc(-n2nnnc2C2(N3C[C@]45C=C[C@H](O4)[C@H](C(=O)O)[C@@H]5C3=O)CCCCC2)cc1. The number of benzene rings is 1. The number of tetrazole rings is 1. The first kappa shape index (κ1) is 20.3. The summed E-state index contributed by atoms with van der Waals surface area (Å²) in [5, 5.41) is 22.5. The van der Waals surface area contributed by atoms with E-state index in [2.05, 4.69) is 15.5 Å². The fourth-order valence-electron chi connectivity index (χ4n) is 6.27. The van der Waals surface area contributed by atoms with Crippen molar-refractivity contribution in [3.8, 4) is 11.4 Å². The maximum absolute atomic E-state index is 13.9. The Morgan fingerprint density at radius 3 is 2.67 bits per heavy atom. The second-order valence-electron chi connectivity index (χ2n) is 9.37. The second-order valence-corrected chi connectivity index (χ2v) is 9.37. The lowest BCUT2D eigenvalue weighted by molar-refractivity contribution is -0.150. The minimum Gasteiger partial charge on any atom is -0.497 e. The Morgan fingerprint density at radius 1 is 1.21 bits per heavy atom. The molecule has 1 aromatic heterocycles. The lowest BCUT2D eigenvalue weighted by atomic mass is 9.77.